The van der Waals surface area contributed by atoms with Crippen LogP contribution >= 0.6 is 15.9 Å². The van der Waals surface area contributed by atoms with Crippen LogP contribution in [0.5, 0.6) is 11.5 Å². The predicted octanol–water partition coefficient (Wildman–Crippen LogP) is 4.27. The molecule has 2 rings (SSSR count). The van der Waals surface area contributed by atoms with E-state index < -0.39 is 0 Å². The van der Waals surface area contributed by atoms with E-state index >= 15 is 0 Å². The van der Waals surface area contributed by atoms with Crippen molar-refractivity contribution >= 4 is 27.8 Å². The van der Waals surface area contributed by atoms with Gasteiger partial charge in [0.15, 0.2) is 17.3 Å². The Hall–Kier alpha value is -2.01. The van der Waals surface area contributed by atoms with Gasteiger partial charge in [0.1, 0.15) is 11.5 Å². The molecule has 0 aliphatic heterocycles. The number of carbonyl (C=O) groups excluding carboxylic acids is 1. The zero-order chi connectivity index (χ0) is 15.6. The molecule has 0 saturated carbocycles. The van der Waals surface area contributed by atoms with Crippen molar-refractivity contribution in [3.63, 3.8) is 0 Å². The van der Waals surface area contributed by atoms with E-state index in [1.165, 1.54) is 13.2 Å². The van der Waals surface area contributed by atoms with Gasteiger partial charge in [-0.05, 0) is 59.6 Å². The van der Waals surface area contributed by atoms with Gasteiger partial charge in [0.2, 0.25) is 0 Å². The lowest BCUT2D eigenvalue weighted by molar-refractivity contribution is 0.104. The van der Waals surface area contributed by atoms with Gasteiger partial charge in [0.25, 0.3) is 0 Å². The lowest BCUT2D eigenvalue weighted by atomic mass is 10.1. The zero-order valence-electron chi connectivity index (χ0n) is 11.9. The molecule has 110 valence electrons. The fraction of sp³-hybridized carbons (Fsp3) is 0.188. The highest BCUT2D eigenvalue weighted by atomic mass is 79.9. The second-order valence-electron chi connectivity index (χ2n) is 4.58. The van der Waals surface area contributed by atoms with E-state index in [0.717, 1.165) is 5.56 Å². The molecule has 21 heavy (non-hydrogen) atoms. The summed E-state index contributed by atoms with van der Waals surface area (Å²) in [5.74, 6) is 1.55. The van der Waals surface area contributed by atoms with Crippen LogP contribution in [-0.2, 0) is 0 Å². The first kappa shape index (κ1) is 15.4. The summed E-state index contributed by atoms with van der Waals surface area (Å²) in [6, 6.07) is 5.07. The molecule has 0 fully saturated rings. The Bertz CT molecular complexity index is 713. The molecule has 1 aromatic heterocycles. The van der Waals surface area contributed by atoms with Crippen LogP contribution in [0.4, 0.5) is 0 Å². The summed E-state index contributed by atoms with van der Waals surface area (Å²) in [7, 11) is 1.47. The number of phenols is 1. The number of aromatic hydroxyl groups is 1. The molecule has 0 amide bonds. The maximum absolute atomic E-state index is 12.1. The average molecular weight is 351 g/mol. The van der Waals surface area contributed by atoms with Gasteiger partial charge in [-0.15, -0.1) is 0 Å². The largest absolute Gasteiger partial charge is 0.503 e. The number of halogens is 1. The number of carbonyl (C=O) groups is 1. The summed E-state index contributed by atoms with van der Waals surface area (Å²) >= 11 is 3.24. The summed E-state index contributed by atoms with van der Waals surface area (Å²) in [6.45, 7) is 3.56. The number of rotatable bonds is 4. The smallest absolute Gasteiger partial charge is 0.189 e. The molecule has 0 aliphatic carbocycles. The Kier molecular flexibility index (Phi) is 4.53. The maximum Gasteiger partial charge on any atom is 0.189 e. The Morgan fingerprint density at radius 3 is 2.62 bits per heavy atom. The highest BCUT2D eigenvalue weighted by Crippen LogP contribution is 2.35. The van der Waals surface area contributed by atoms with Crippen molar-refractivity contribution in [2.45, 2.75) is 13.8 Å². The number of ketones is 1. The Balaban J connectivity index is 2.27. The molecule has 0 unspecified atom stereocenters. The number of ether oxygens (including phenoxy) is 1. The minimum absolute atomic E-state index is 0.0299. The van der Waals surface area contributed by atoms with Gasteiger partial charge >= 0.3 is 0 Å². The van der Waals surface area contributed by atoms with Crippen LogP contribution in [0.1, 0.15) is 27.4 Å². The molecule has 0 spiro atoms. The molecule has 2 aromatic rings. The Labute approximate surface area is 131 Å². The first-order valence-electron chi connectivity index (χ1n) is 6.28. The summed E-state index contributed by atoms with van der Waals surface area (Å²) in [6.07, 6.45) is 3.13. The van der Waals surface area contributed by atoms with Crippen molar-refractivity contribution in [1.82, 2.24) is 0 Å². The summed E-state index contributed by atoms with van der Waals surface area (Å²) < 4.78 is 10.9. The lowest BCUT2D eigenvalue weighted by Crippen LogP contribution is -1.94. The Morgan fingerprint density at radius 1 is 1.33 bits per heavy atom. The minimum atomic E-state index is -0.132. The predicted molar refractivity (Wildman–Crippen MR) is 83.9 cm³/mol. The molecule has 1 N–H and O–H groups in total. The van der Waals surface area contributed by atoms with Crippen molar-refractivity contribution in [2.75, 3.05) is 7.11 Å². The van der Waals surface area contributed by atoms with Gasteiger partial charge in [-0.3, -0.25) is 4.79 Å². The van der Waals surface area contributed by atoms with Crippen molar-refractivity contribution in [3.05, 3.63) is 51.4 Å². The van der Waals surface area contributed by atoms with Crippen molar-refractivity contribution in [1.29, 1.82) is 0 Å². The highest BCUT2D eigenvalue weighted by Gasteiger charge is 2.11. The lowest BCUT2D eigenvalue weighted by Gasteiger charge is -2.06. The van der Waals surface area contributed by atoms with Gasteiger partial charge in [0, 0.05) is 0 Å². The average Bonchev–Trinajstić information content (AvgIpc) is 2.78. The second-order valence-corrected chi connectivity index (χ2v) is 5.43. The number of benzene rings is 1. The number of methoxy groups -OCH3 is 1. The van der Waals surface area contributed by atoms with Crippen LogP contribution in [0.2, 0.25) is 0 Å². The number of hydrogen-bond acceptors (Lipinski definition) is 4. The fourth-order valence-corrected chi connectivity index (χ4v) is 2.44. The summed E-state index contributed by atoms with van der Waals surface area (Å²) in [5.41, 5.74) is 1.29. The van der Waals surface area contributed by atoms with Gasteiger partial charge in [0.05, 0.1) is 17.1 Å². The molecule has 0 radical (unpaired) electrons. The standard InChI is InChI=1S/C16H15BrO4/c1-9-6-12(10(2)21-9)14(18)5-4-11-7-13(17)16(19)15(8-11)20-3/h4-8,19H,1-3H3/b5-4+. The van der Waals surface area contributed by atoms with E-state index in [-0.39, 0.29) is 11.5 Å². The monoisotopic (exact) mass is 350 g/mol. The van der Waals surface area contributed by atoms with Gasteiger partial charge < -0.3 is 14.3 Å². The van der Waals surface area contributed by atoms with Crippen molar-refractivity contribution < 1.29 is 19.1 Å². The van der Waals surface area contributed by atoms with Crippen LogP contribution < -0.4 is 4.74 Å². The van der Waals surface area contributed by atoms with E-state index in [2.05, 4.69) is 15.9 Å². The molecule has 5 heteroatoms. The van der Waals surface area contributed by atoms with Gasteiger partial charge in [-0.25, -0.2) is 0 Å². The second kappa shape index (κ2) is 6.18. The third kappa shape index (κ3) is 3.36. The normalized spacial score (nSPS) is 11.0. The minimum Gasteiger partial charge on any atom is -0.503 e. The first-order chi connectivity index (χ1) is 9.92. The maximum atomic E-state index is 12.1. The SMILES string of the molecule is COc1cc(/C=C/C(=O)c2cc(C)oc2C)cc(Br)c1O. The molecule has 0 atom stereocenters. The molecular formula is C16H15BrO4. The number of aryl methyl sites for hydroxylation is 2. The molecule has 0 saturated heterocycles. The molecule has 1 heterocycles. The summed E-state index contributed by atoms with van der Waals surface area (Å²) in [5, 5.41) is 9.74. The topological polar surface area (TPSA) is 59.7 Å². The molecule has 0 aliphatic rings. The number of allylic oxidation sites excluding steroid dienone is 1. The quantitative estimate of drug-likeness (QED) is 0.660. The van der Waals surface area contributed by atoms with E-state index in [0.29, 0.717) is 27.3 Å². The van der Waals surface area contributed by atoms with Crippen LogP contribution in [0, 0.1) is 13.8 Å². The first-order valence-corrected chi connectivity index (χ1v) is 7.07. The van der Waals surface area contributed by atoms with E-state index in [1.807, 2.05) is 0 Å². The zero-order valence-corrected chi connectivity index (χ0v) is 13.5. The number of furan rings is 1. The summed E-state index contributed by atoms with van der Waals surface area (Å²) in [4.78, 5) is 12.1. The van der Waals surface area contributed by atoms with Crippen molar-refractivity contribution in [2.24, 2.45) is 0 Å². The van der Waals surface area contributed by atoms with E-state index in [1.54, 1.807) is 38.1 Å². The van der Waals surface area contributed by atoms with Gasteiger partial charge in [-0.1, -0.05) is 6.08 Å². The third-order valence-electron chi connectivity index (χ3n) is 3.00. The molecular weight excluding hydrogens is 336 g/mol. The molecule has 1 aromatic carbocycles. The number of hydrogen-bond donors (Lipinski definition) is 1. The van der Waals surface area contributed by atoms with Crippen LogP contribution in [0.15, 0.2) is 33.2 Å². The van der Waals surface area contributed by atoms with Crippen LogP contribution in [0.25, 0.3) is 6.08 Å². The third-order valence-corrected chi connectivity index (χ3v) is 3.61. The van der Waals surface area contributed by atoms with Gasteiger partial charge in [-0.2, -0.15) is 0 Å². The molecule has 0 bridgehead atoms. The van der Waals surface area contributed by atoms with Crippen LogP contribution in [0.3, 0.4) is 0 Å². The fourth-order valence-electron chi connectivity index (χ4n) is 1.98. The van der Waals surface area contributed by atoms with E-state index in [4.69, 9.17) is 9.15 Å². The Morgan fingerprint density at radius 2 is 2.05 bits per heavy atom. The van der Waals surface area contributed by atoms with Crippen molar-refractivity contribution in [3.8, 4) is 11.5 Å². The van der Waals surface area contributed by atoms with Crippen LogP contribution in [-0.4, -0.2) is 18.0 Å². The number of phenolic OH excluding ortho intramolecular Hbond substituents is 1. The van der Waals surface area contributed by atoms with E-state index in [9.17, 15) is 9.90 Å². The highest BCUT2D eigenvalue weighted by molar-refractivity contribution is 9.10. The molecule has 4 nitrogen and oxygen atoms in total.